The minimum Gasteiger partial charge on any atom is -0.465 e. The second-order valence-corrected chi connectivity index (χ2v) is 6.09. The fourth-order valence-corrected chi connectivity index (χ4v) is 3.46. The van der Waals surface area contributed by atoms with Crippen molar-refractivity contribution in [1.82, 2.24) is 4.90 Å². The van der Waals surface area contributed by atoms with Gasteiger partial charge >= 0.3 is 5.97 Å². The summed E-state index contributed by atoms with van der Waals surface area (Å²) < 4.78 is 10.3. The summed E-state index contributed by atoms with van der Waals surface area (Å²) in [6.07, 6.45) is 0. The molecule has 0 aliphatic carbocycles. The first-order valence-corrected chi connectivity index (χ1v) is 7.25. The monoisotopic (exact) mass is 291 g/mol. The van der Waals surface area contributed by atoms with E-state index in [4.69, 9.17) is 9.47 Å². The lowest BCUT2D eigenvalue weighted by molar-refractivity contribution is 0.0600. The fourth-order valence-electron chi connectivity index (χ4n) is 3.46. The predicted octanol–water partition coefficient (Wildman–Crippen LogP) is 0.914. The second-order valence-electron chi connectivity index (χ2n) is 6.09. The van der Waals surface area contributed by atoms with Gasteiger partial charge in [0, 0.05) is 31.0 Å². The Morgan fingerprint density at radius 3 is 3.14 bits per heavy atom. The van der Waals surface area contributed by atoms with Crippen molar-refractivity contribution in [3.8, 4) is 0 Å². The Morgan fingerprint density at radius 1 is 1.57 bits per heavy atom. The number of carbonyl (C=O) groups excluding carboxylic acids is 1. The third-order valence-corrected chi connectivity index (χ3v) is 4.66. The maximum absolute atomic E-state index is 11.6. The molecule has 21 heavy (non-hydrogen) atoms. The zero-order valence-corrected chi connectivity index (χ0v) is 12.2. The molecule has 0 spiro atoms. The number of hydrogen-bond acceptors (Lipinski definition) is 5. The zero-order valence-electron chi connectivity index (χ0n) is 12.2. The van der Waals surface area contributed by atoms with Crippen molar-refractivity contribution in [1.29, 1.82) is 0 Å². The number of esters is 1. The molecule has 114 valence electrons. The van der Waals surface area contributed by atoms with E-state index >= 15 is 0 Å². The first-order chi connectivity index (χ1) is 10.2. The van der Waals surface area contributed by atoms with Crippen LogP contribution in [0, 0.1) is 11.3 Å². The van der Waals surface area contributed by atoms with Gasteiger partial charge in [-0.1, -0.05) is 12.1 Å². The van der Waals surface area contributed by atoms with E-state index in [0.29, 0.717) is 18.1 Å². The fraction of sp³-hybridized carbons (Fsp3) is 0.562. The lowest BCUT2D eigenvalue weighted by atomic mass is 9.82. The van der Waals surface area contributed by atoms with Crippen molar-refractivity contribution in [3.63, 3.8) is 0 Å². The lowest BCUT2D eigenvalue weighted by Crippen LogP contribution is -2.34. The minimum absolute atomic E-state index is 0.0973. The topological polar surface area (TPSA) is 59.0 Å². The molecule has 2 fully saturated rings. The van der Waals surface area contributed by atoms with E-state index in [-0.39, 0.29) is 18.0 Å². The molecule has 5 nitrogen and oxygen atoms in total. The summed E-state index contributed by atoms with van der Waals surface area (Å²) in [6, 6.07) is 7.53. The van der Waals surface area contributed by atoms with Crippen molar-refractivity contribution >= 4 is 5.97 Å². The summed E-state index contributed by atoms with van der Waals surface area (Å²) >= 11 is 0. The number of methoxy groups -OCH3 is 1. The summed E-state index contributed by atoms with van der Waals surface area (Å²) in [6.45, 7) is 4.12. The Hall–Kier alpha value is -1.43. The first-order valence-electron chi connectivity index (χ1n) is 7.25. The standard InChI is InChI=1S/C16H21NO4/c1-20-15(19)13-4-2-3-12(5-13)6-17-7-14-8-21-11-16(14,9-17)10-18/h2-5,14,18H,6-11H2,1H3/t14-,16-/m0/s1. The van der Waals surface area contributed by atoms with Gasteiger partial charge in [0.2, 0.25) is 0 Å². The van der Waals surface area contributed by atoms with Crippen LogP contribution in [0.15, 0.2) is 24.3 Å². The van der Waals surface area contributed by atoms with Crippen molar-refractivity contribution in [3.05, 3.63) is 35.4 Å². The van der Waals surface area contributed by atoms with Gasteiger partial charge in [0.15, 0.2) is 0 Å². The third-order valence-electron chi connectivity index (χ3n) is 4.66. The van der Waals surface area contributed by atoms with Crippen LogP contribution in [0.5, 0.6) is 0 Å². The average Bonchev–Trinajstić information content (AvgIpc) is 3.03. The number of nitrogens with zero attached hydrogens (tertiary/aromatic N) is 1. The normalized spacial score (nSPS) is 28.6. The van der Waals surface area contributed by atoms with E-state index in [1.807, 2.05) is 18.2 Å². The van der Waals surface area contributed by atoms with Crippen molar-refractivity contribution in [2.24, 2.45) is 11.3 Å². The Labute approximate surface area is 124 Å². The molecule has 2 heterocycles. The highest BCUT2D eigenvalue weighted by molar-refractivity contribution is 5.89. The highest BCUT2D eigenvalue weighted by atomic mass is 16.5. The van der Waals surface area contributed by atoms with Gasteiger partial charge in [-0.15, -0.1) is 0 Å². The van der Waals surface area contributed by atoms with Gasteiger partial charge in [-0.05, 0) is 17.7 Å². The van der Waals surface area contributed by atoms with Crippen LogP contribution in [0.1, 0.15) is 15.9 Å². The van der Waals surface area contributed by atoms with Gasteiger partial charge in [0.05, 0.1) is 32.5 Å². The number of fused-ring (bicyclic) bond motifs is 1. The van der Waals surface area contributed by atoms with E-state index < -0.39 is 0 Å². The molecule has 0 radical (unpaired) electrons. The van der Waals surface area contributed by atoms with Crippen LogP contribution < -0.4 is 0 Å². The van der Waals surface area contributed by atoms with Crippen LogP contribution in [0.3, 0.4) is 0 Å². The van der Waals surface area contributed by atoms with E-state index in [1.54, 1.807) is 6.07 Å². The van der Waals surface area contributed by atoms with Crippen molar-refractivity contribution in [2.75, 3.05) is 40.0 Å². The highest BCUT2D eigenvalue weighted by Gasteiger charge is 2.50. The molecule has 0 unspecified atom stereocenters. The van der Waals surface area contributed by atoms with Crippen LogP contribution in [0.4, 0.5) is 0 Å². The Morgan fingerprint density at radius 2 is 2.43 bits per heavy atom. The number of benzene rings is 1. The largest absolute Gasteiger partial charge is 0.465 e. The second kappa shape index (κ2) is 5.75. The van der Waals surface area contributed by atoms with Crippen LogP contribution in [-0.4, -0.2) is 56.0 Å². The van der Waals surface area contributed by atoms with Gasteiger partial charge in [-0.25, -0.2) is 4.79 Å². The molecule has 2 saturated heterocycles. The van der Waals surface area contributed by atoms with Crippen LogP contribution in [0.2, 0.25) is 0 Å². The van der Waals surface area contributed by atoms with E-state index in [0.717, 1.165) is 31.8 Å². The summed E-state index contributed by atoms with van der Waals surface area (Å²) in [4.78, 5) is 13.9. The summed E-state index contributed by atoms with van der Waals surface area (Å²) in [5.74, 6) is 0.0988. The molecule has 1 aromatic carbocycles. The molecule has 2 atom stereocenters. The number of likely N-dealkylation sites (tertiary alicyclic amines) is 1. The molecule has 1 N–H and O–H groups in total. The summed E-state index contributed by atoms with van der Waals surface area (Å²) in [5, 5.41) is 9.69. The highest BCUT2D eigenvalue weighted by Crippen LogP contribution is 2.41. The zero-order chi connectivity index (χ0) is 14.9. The molecule has 0 amide bonds. The van der Waals surface area contributed by atoms with E-state index in [9.17, 15) is 9.90 Å². The van der Waals surface area contributed by atoms with Crippen LogP contribution in [-0.2, 0) is 16.0 Å². The number of aliphatic hydroxyl groups excluding tert-OH is 1. The lowest BCUT2D eigenvalue weighted by Gasteiger charge is -2.24. The molecule has 0 bridgehead atoms. The molecule has 5 heteroatoms. The number of hydrogen-bond donors (Lipinski definition) is 1. The van der Waals surface area contributed by atoms with Gasteiger partial charge < -0.3 is 14.6 Å². The molecule has 1 aromatic rings. The molecular formula is C16H21NO4. The van der Waals surface area contributed by atoms with Crippen molar-refractivity contribution < 1.29 is 19.4 Å². The SMILES string of the molecule is COC(=O)c1cccc(CN2C[C@H]3COC[C@@]3(CO)C2)c1. The number of aliphatic hydroxyl groups is 1. The average molecular weight is 291 g/mol. The molecule has 0 saturated carbocycles. The van der Waals surface area contributed by atoms with Crippen molar-refractivity contribution in [2.45, 2.75) is 6.54 Å². The van der Waals surface area contributed by atoms with Crippen LogP contribution in [0.25, 0.3) is 0 Å². The molecule has 2 aliphatic heterocycles. The number of carbonyl (C=O) groups is 1. The van der Waals surface area contributed by atoms with Gasteiger partial charge in [-0.2, -0.15) is 0 Å². The van der Waals surface area contributed by atoms with E-state index in [1.165, 1.54) is 7.11 Å². The minimum atomic E-state index is -0.310. The number of ether oxygens (including phenoxy) is 2. The Balaban J connectivity index is 1.69. The number of rotatable bonds is 4. The maximum atomic E-state index is 11.6. The van der Waals surface area contributed by atoms with E-state index in [2.05, 4.69) is 4.90 Å². The molecular weight excluding hydrogens is 270 g/mol. The van der Waals surface area contributed by atoms with Gasteiger partial charge in [-0.3, -0.25) is 4.90 Å². The Kier molecular flexibility index (Phi) is 3.97. The molecule has 0 aromatic heterocycles. The summed E-state index contributed by atoms with van der Waals surface area (Å²) in [7, 11) is 1.39. The third kappa shape index (κ3) is 2.69. The molecule has 3 rings (SSSR count). The van der Waals surface area contributed by atoms with Crippen LogP contribution >= 0.6 is 0 Å². The quantitative estimate of drug-likeness (QED) is 0.836. The molecule has 2 aliphatic rings. The predicted molar refractivity (Wildman–Crippen MR) is 76.9 cm³/mol. The maximum Gasteiger partial charge on any atom is 0.337 e. The Bertz CT molecular complexity index is 533. The van der Waals surface area contributed by atoms with Gasteiger partial charge in [0.1, 0.15) is 0 Å². The smallest absolute Gasteiger partial charge is 0.337 e. The summed E-state index contributed by atoms with van der Waals surface area (Å²) in [5.41, 5.74) is 1.57. The van der Waals surface area contributed by atoms with Gasteiger partial charge in [0.25, 0.3) is 0 Å². The first kappa shape index (κ1) is 14.5.